The monoisotopic (exact) mass is 552 g/mol. The average Bonchev–Trinajstić information content (AvgIpc) is 3.50. The molecule has 1 aliphatic rings. The first-order chi connectivity index (χ1) is 19.2. The second kappa shape index (κ2) is 11.5. The van der Waals surface area contributed by atoms with Gasteiger partial charge in [0.2, 0.25) is 5.91 Å². The topological polar surface area (TPSA) is 68.6 Å². The predicted octanol–water partition coefficient (Wildman–Crippen LogP) is 4.30. The zero-order valence-electron chi connectivity index (χ0n) is 22.9. The van der Waals surface area contributed by atoms with E-state index in [1.807, 2.05) is 99.6 Å². The molecule has 204 valence electrons. The Hall–Kier alpha value is -4.23. The molecular formula is C33H32N2O4S. The SMILES string of the molecule is CC(C)(C)C(=O)/C=c1/s/c(=C\c2ccccc2OCc2ccccc2)c(=O)n1CC(=O)N1CCc2ccccc21. The minimum Gasteiger partial charge on any atom is -0.488 e. The number of benzene rings is 3. The van der Waals surface area contributed by atoms with Gasteiger partial charge >= 0.3 is 0 Å². The number of anilines is 1. The van der Waals surface area contributed by atoms with Gasteiger partial charge in [0.25, 0.3) is 5.56 Å². The van der Waals surface area contributed by atoms with Gasteiger partial charge in [0.05, 0.1) is 4.53 Å². The van der Waals surface area contributed by atoms with Crippen LogP contribution in [0.15, 0.2) is 83.7 Å². The highest BCUT2D eigenvalue weighted by Crippen LogP contribution is 2.27. The molecule has 0 bridgehead atoms. The van der Waals surface area contributed by atoms with Gasteiger partial charge in [-0.25, -0.2) is 0 Å². The van der Waals surface area contributed by atoms with Crippen LogP contribution in [0.4, 0.5) is 5.69 Å². The third kappa shape index (κ3) is 6.00. The molecule has 3 aromatic carbocycles. The normalized spacial score (nSPS) is 13.9. The van der Waals surface area contributed by atoms with Crippen LogP contribution in [0.3, 0.4) is 0 Å². The highest BCUT2D eigenvalue weighted by molar-refractivity contribution is 7.07. The summed E-state index contributed by atoms with van der Waals surface area (Å²) in [5.41, 5.74) is 2.85. The van der Waals surface area contributed by atoms with Crippen molar-refractivity contribution >= 4 is 40.9 Å². The van der Waals surface area contributed by atoms with E-state index in [4.69, 9.17) is 4.74 Å². The van der Waals surface area contributed by atoms with Crippen molar-refractivity contribution in [3.8, 4) is 5.75 Å². The first kappa shape index (κ1) is 27.3. The van der Waals surface area contributed by atoms with Crippen LogP contribution in [0, 0.1) is 5.41 Å². The van der Waals surface area contributed by atoms with E-state index in [-0.39, 0.29) is 23.8 Å². The van der Waals surface area contributed by atoms with E-state index >= 15 is 0 Å². The number of ether oxygens (including phenoxy) is 1. The Morgan fingerprint density at radius 2 is 1.65 bits per heavy atom. The third-order valence-electron chi connectivity index (χ3n) is 6.85. The number of hydrogen-bond donors (Lipinski definition) is 0. The van der Waals surface area contributed by atoms with Crippen LogP contribution in [0.5, 0.6) is 5.75 Å². The number of ketones is 1. The number of amides is 1. The Bertz CT molecular complexity index is 1730. The van der Waals surface area contributed by atoms with E-state index < -0.39 is 5.41 Å². The highest BCUT2D eigenvalue weighted by Gasteiger charge is 2.25. The Labute approximate surface area is 237 Å². The Balaban J connectivity index is 1.53. The fraction of sp³-hybridized carbons (Fsp3) is 0.242. The van der Waals surface area contributed by atoms with E-state index in [0.29, 0.717) is 28.1 Å². The molecule has 0 saturated heterocycles. The number of carbonyl (C=O) groups is 2. The molecule has 7 heteroatoms. The summed E-state index contributed by atoms with van der Waals surface area (Å²) in [5.74, 6) is 0.354. The molecule has 0 atom stereocenters. The van der Waals surface area contributed by atoms with Crippen LogP contribution < -0.4 is 24.4 Å². The van der Waals surface area contributed by atoms with Gasteiger partial charge in [0.15, 0.2) is 5.78 Å². The molecule has 1 amide bonds. The number of hydrogen-bond acceptors (Lipinski definition) is 5. The van der Waals surface area contributed by atoms with E-state index in [1.54, 1.807) is 11.0 Å². The highest BCUT2D eigenvalue weighted by atomic mass is 32.1. The standard InChI is InChI=1S/C33H32N2O4S/c1-33(2,3)29(36)20-31-35(21-30(37)34-18-17-24-13-7-9-15-26(24)34)32(38)28(40-31)19-25-14-8-10-16-27(25)39-22-23-11-5-4-6-12-23/h4-16,19-20H,17-18,21-22H2,1-3H3/b28-19-,31-20+. The summed E-state index contributed by atoms with van der Waals surface area (Å²) in [6.07, 6.45) is 4.05. The molecule has 0 spiro atoms. The summed E-state index contributed by atoms with van der Waals surface area (Å²) in [5, 5.41) is 0. The maximum Gasteiger partial charge on any atom is 0.269 e. The Kier molecular flexibility index (Phi) is 7.85. The van der Waals surface area contributed by atoms with Gasteiger partial charge in [-0.3, -0.25) is 19.0 Å². The summed E-state index contributed by atoms with van der Waals surface area (Å²) < 4.78 is 8.40. The van der Waals surface area contributed by atoms with Crippen LogP contribution in [-0.4, -0.2) is 22.8 Å². The minimum absolute atomic E-state index is 0.111. The molecule has 4 aromatic rings. The van der Waals surface area contributed by atoms with E-state index in [0.717, 1.165) is 28.8 Å². The molecule has 2 heterocycles. The maximum atomic E-state index is 13.7. The van der Waals surface area contributed by atoms with E-state index in [9.17, 15) is 14.4 Å². The van der Waals surface area contributed by atoms with Gasteiger partial charge in [-0.2, -0.15) is 0 Å². The number of fused-ring (bicyclic) bond motifs is 1. The molecule has 0 fully saturated rings. The quantitative estimate of drug-likeness (QED) is 0.343. The number of nitrogens with zero attached hydrogens (tertiary/aromatic N) is 2. The van der Waals surface area contributed by atoms with Gasteiger partial charge in [0, 0.05) is 29.3 Å². The third-order valence-corrected chi connectivity index (χ3v) is 7.91. The second-order valence-electron chi connectivity index (χ2n) is 10.8. The van der Waals surface area contributed by atoms with Crippen molar-refractivity contribution in [1.29, 1.82) is 0 Å². The van der Waals surface area contributed by atoms with Crippen molar-refractivity contribution in [3.05, 3.63) is 115 Å². The van der Waals surface area contributed by atoms with Gasteiger partial charge in [-0.1, -0.05) is 87.5 Å². The van der Waals surface area contributed by atoms with Crippen molar-refractivity contribution in [3.63, 3.8) is 0 Å². The van der Waals surface area contributed by atoms with Crippen LogP contribution in [0.2, 0.25) is 0 Å². The lowest BCUT2D eigenvalue weighted by Crippen LogP contribution is -2.40. The fourth-order valence-electron chi connectivity index (χ4n) is 4.55. The van der Waals surface area contributed by atoms with Crippen LogP contribution in [0.25, 0.3) is 12.2 Å². The number of thiazole rings is 1. The molecule has 6 nitrogen and oxygen atoms in total. The number of aromatic nitrogens is 1. The Morgan fingerprint density at radius 3 is 2.42 bits per heavy atom. The summed E-state index contributed by atoms with van der Waals surface area (Å²) in [6, 6.07) is 25.2. The summed E-state index contributed by atoms with van der Waals surface area (Å²) >= 11 is 1.21. The molecule has 0 aliphatic carbocycles. The first-order valence-electron chi connectivity index (χ1n) is 13.3. The van der Waals surface area contributed by atoms with E-state index in [2.05, 4.69) is 0 Å². The number of para-hydroxylation sites is 2. The molecule has 0 unspecified atom stereocenters. The molecule has 1 aromatic heterocycles. The molecule has 0 radical (unpaired) electrons. The largest absolute Gasteiger partial charge is 0.488 e. The minimum atomic E-state index is -0.621. The molecular weight excluding hydrogens is 520 g/mol. The first-order valence-corrected chi connectivity index (χ1v) is 14.1. The lowest BCUT2D eigenvalue weighted by Gasteiger charge is -2.17. The molecule has 1 aliphatic heterocycles. The van der Waals surface area contributed by atoms with Crippen molar-refractivity contribution in [2.24, 2.45) is 5.41 Å². The maximum absolute atomic E-state index is 13.7. The zero-order chi connectivity index (χ0) is 28.3. The summed E-state index contributed by atoms with van der Waals surface area (Å²) in [6.45, 7) is 6.32. The van der Waals surface area contributed by atoms with Crippen molar-refractivity contribution < 1.29 is 14.3 Å². The molecule has 5 rings (SSSR count). The Morgan fingerprint density at radius 1 is 0.950 bits per heavy atom. The smallest absolute Gasteiger partial charge is 0.269 e. The van der Waals surface area contributed by atoms with Gasteiger partial charge in [0.1, 0.15) is 23.6 Å². The van der Waals surface area contributed by atoms with Crippen LogP contribution in [0.1, 0.15) is 37.5 Å². The second-order valence-corrected chi connectivity index (χ2v) is 11.9. The van der Waals surface area contributed by atoms with Crippen molar-refractivity contribution in [2.45, 2.75) is 40.3 Å². The molecule has 0 saturated carbocycles. The lowest BCUT2D eigenvalue weighted by molar-refractivity contribution is -0.120. The van der Waals surface area contributed by atoms with Crippen LogP contribution >= 0.6 is 11.3 Å². The van der Waals surface area contributed by atoms with E-state index in [1.165, 1.54) is 22.0 Å². The summed E-state index contributed by atoms with van der Waals surface area (Å²) in [7, 11) is 0. The van der Waals surface area contributed by atoms with Gasteiger partial charge < -0.3 is 9.64 Å². The number of Topliss-reactive ketones (excluding diaryl/α,β-unsaturated/α-hetero) is 1. The molecule has 40 heavy (non-hydrogen) atoms. The average molecular weight is 553 g/mol. The number of carbonyl (C=O) groups excluding carboxylic acids is 2. The van der Waals surface area contributed by atoms with Crippen molar-refractivity contribution in [2.75, 3.05) is 11.4 Å². The zero-order valence-corrected chi connectivity index (χ0v) is 23.7. The number of rotatable bonds is 7. The van der Waals surface area contributed by atoms with Crippen molar-refractivity contribution in [1.82, 2.24) is 4.57 Å². The van der Waals surface area contributed by atoms with Gasteiger partial charge in [-0.15, -0.1) is 11.3 Å². The van der Waals surface area contributed by atoms with Crippen LogP contribution in [-0.2, 0) is 29.2 Å². The summed E-state index contributed by atoms with van der Waals surface area (Å²) in [4.78, 5) is 41.8. The van der Waals surface area contributed by atoms with Gasteiger partial charge in [-0.05, 0) is 35.8 Å². The fourth-order valence-corrected chi connectivity index (χ4v) is 5.58. The lowest BCUT2D eigenvalue weighted by atomic mass is 9.91. The predicted molar refractivity (Wildman–Crippen MR) is 160 cm³/mol. The molecule has 0 N–H and O–H groups in total.